The topological polar surface area (TPSA) is 74.6 Å². The summed E-state index contributed by atoms with van der Waals surface area (Å²) in [7, 11) is 0. The molecule has 0 aliphatic carbocycles. The summed E-state index contributed by atoms with van der Waals surface area (Å²) in [6.45, 7) is 3.10. The molecule has 0 spiro atoms. The van der Waals surface area contributed by atoms with Crippen molar-refractivity contribution in [2.75, 3.05) is 0 Å². The fourth-order valence-electron chi connectivity index (χ4n) is 0.686. The highest BCUT2D eigenvalue weighted by molar-refractivity contribution is 5.80. The van der Waals surface area contributed by atoms with E-state index in [4.69, 9.17) is 10.2 Å². The van der Waals surface area contributed by atoms with Crippen LogP contribution in [0.15, 0.2) is 0 Å². The van der Waals surface area contributed by atoms with Crippen LogP contribution in [0, 0.1) is 5.41 Å². The third-order valence-corrected chi connectivity index (χ3v) is 1.84. The van der Waals surface area contributed by atoms with Crippen LogP contribution >= 0.6 is 0 Å². The molecule has 0 saturated carbocycles. The fraction of sp³-hybridized carbons (Fsp3) is 0.714. The molecule has 0 amide bonds. The summed E-state index contributed by atoms with van der Waals surface area (Å²) >= 11 is 0. The smallest absolute Gasteiger partial charge is 0.309 e. The Morgan fingerprint density at radius 3 is 1.91 bits per heavy atom. The molecule has 4 heteroatoms. The molecule has 0 bridgehead atoms. The number of hydrogen-bond donors (Lipinski definition) is 2. The number of aliphatic carboxylic acids is 2. The van der Waals surface area contributed by atoms with Gasteiger partial charge in [0.25, 0.3) is 0 Å². The van der Waals surface area contributed by atoms with E-state index < -0.39 is 17.4 Å². The van der Waals surface area contributed by atoms with Gasteiger partial charge in [-0.2, -0.15) is 0 Å². The van der Waals surface area contributed by atoms with Crippen molar-refractivity contribution < 1.29 is 19.8 Å². The van der Waals surface area contributed by atoms with Gasteiger partial charge in [-0.25, -0.2) is 0 Å². The second-order valence-electron chi connectivity index (χ2n) is 2.79. The number of carbonyl (C=O) groups is 2. The molecular weight excluding hydrogens is 148 g/mol. The Bertz CT molecular complexity index is 175. The molecule has 0 aliphatic heterocycles. The number of carboxylic acids is 2. The van der Waals surface area contributed by atoms with Crippen LogP contribution in [0.3, 0.4) is 0 Å². The predicted octanol–water partition coefficient (Wildman–Crippen LogP) is 0.962. The van der Waals surface area contributed by atoms with Gasteiger partial charge in [0.1, 0.15) is 0 Å². The first-order chi connectivity index (χ1) is 4.92. The Balaban J connectivity index is 4.34. The highest BCUT2D eigenvalue weighted by Crippen LogP contribution is 2.25. The van der Waals surface area contributed by atoms with Crippen molar-refractivity contribution in [3.05, 3.63) is 0 Å². The van der Waals surface area contributed by atoms with E-state index in [0.717, 1.165) is 0 Å². The van der Waals surface area contributed by atoms with Gasteiger partial charge >= 0.3 is 11.9 Å². The predicted molar refractivity (Wildman–Crippen MR) is 38.3 cm³/mol. The van der Waals surface area contributed by atoms with Crippen molar-refractivity contribution in [2.45, 2.75) is 26.7 Å². The van der Waals surface area contributed by atoms with Crippen molar-refractivity contribution in [3.8, 4) is 0 Å². The van der Waals surface area contributed by atoms with Crippen molar-refractivity contribution in [2.24, 2.45) is 5.41 Å². The Labute approximate surface area is 64.8 Å². The SMILES string of the molecule is CC[C@@](C)(CC(=O)O)C(=O)O. The lowest BCUT2D eigenvalue weighted by molar-refractivity contribution is -0.154. The van der Waals surface area contributed by atoms with Crippen LogP contribution in [-0.4, -0.2) is 22.2 Å². The minimum Gasteiger partial charge on any atom is -0.481 e. The van der Waals surface area contributed by atoms with Gasteiger partial charge in [0.05, 0.1) is 11.8 Å². The van der Waals surface area contributed by atoms with Gasteiger partial charge in [-0.05, 0) is 13.3 Å². The summed E-state index contributed by atoms with van der Waals surface area (Å²) in [6.07, 6.45) is 0.00741. The summed E-state index contributed by atoms with van der Waals surface area (Å²) in [5.41, 5.74) is -1.12. The van der Waals surface area contributed by atoms with Crippen molar-refractivity contribution in [1.82, 2.24) is 0 Å². The first-order valence-corrected chi connectivity index (χ1v) is 3.37. The zero-order valence-corrected chi connectivity index (χ0v) is 6.63. The highest BCUT2D eigenvalue weighted by atomic mass is 16.4. The van der Waals surface area contributed by atoms with Crippen LogP contribution in [0.5, 0.6) is 0 Å². The average molecular weight is 160 g/mol. The molecule has 0 aliphatic rings. The number of rotatable bonds is 4. The van der Waals surface area contributed by atoms with Gasteiger partial charge in [-0.1, -0.05) is 6.92 Å². The zero-order valence-electron chi connectivity index (χ0n) is 6.63. The average Bonchev–Trinajstić information content (AvgIpc) is 1.86. The van der Waals surface area contributed by atoms with E-state index >= 15 is 0 Å². The van der Waals surface area contributed by atoms with Crippen molar-refractivity contribution in [3.63, 3.8) is 0 Å². The maximum Gasteiger partial charge on any atom is 0.309 e. The fourth-order valence-corrected chi connectivity index (χ4v) is 0.686. The molecule has 0 aromatic heterocycles. The van der Waals surface area contributed by atoms with Crippen molar-refractivity contribution in [1.29, 1.82) is 0 Å². The Kier molecular flexibility index (Phi) is 3.04. The monoisotopic (exact) mass is 160 g/mol. The van der Waals surface area contributed by atoms with Crippen LogP contribution in [0.25, 0.3) is 0 Å². The van der Waals surface area contributed by atoms with Gasteiger partial charge < -0.3 is 10.2 Å². The molecule has 0 radical (unpaired) electrons. The first kappa shape index (κ1) is 9.94. The standard InChI is InChI=1S/C7H12O4/c1-3-7(2,6(10)11)4-5(8)9/h3-4H2,1-2H3,(H,8,9)(H,10,11)/t7-/m0/s1. The quantitative estimate of drug-likeness (QED) is 0.642. The normalized spacial score (nSPS) is 15.5. The Morgan fingerprint density at radius 2 is 1.82 bits per heavy atom. The molecule has 0 aromatic carbocycles. The minimum atomic E-state index is -1.12. The van der Waals surface area contributed by atoms with E-state index in [9.17, 15) is 9.59 Å². The van der Waals surface area contributed by atoms with E-state index in [0.29, 0.717) is 6.42 Å². The molecule has 4 nitrogen and oxygen atoms in total. The third-order valence-electron chi connectivity index (χ3n) is 1.84. The maximum atomic E-state index is 10.5. The van der Waals surface area contributed by atoms with Crippen LogP contribution < -0.4 is 0 Å². The molecule has 2 N–H and O–H groups in total. The molecule has 0 rings (SSSR count). The Hall–Kier alpha value is -1.06. The van der Waals surface area contributed by atoms with Crippen LogP contribution in [0.2, 0.25) is 0 Å². The van der Waals surface area contributed by atoms with E-state index in [1.807, 2.05) is 0 Å². The van der Waals surface area contributed by atoms with Gasteiger partial charge in [0, 0.05) is 0 Å². The first-order valence-electron chi connectivity index (χ1n) is 3.37. The molecule has 64 valence electrons. The second kappa shape index (κ2) is 3.37. The van der Waals surface area contributed by atoms with E-state index in [1.54, 1.807) is 6.92 Å². The van der Waals surface area contributed by atoms with Gasteiger partial charge in [-0.3, -0.25) is 9.59 Å². The van der Waals surface area contributed by atoms with E-state index in [2.05, 4.69) is 0 Å². The summed E-state index contributed by atoms with van der Waals surface area (Å²) in [5.74, 6) is -2.13. The van der Waals surface area contributed by atoms with E-state index in [1.165, 1.54) is 6.92 Å². The second-order valence-corrected chi connectivity index (χ2v) is 2.79. The third kappa shape index (κ3) is 2.57. The maximum absolute atomic E-state index is 10.5. The highest BCUT2D eigenvalue weighted by Gasteiger charge is 2.33. The zero-order chi connectivity index (χ0) is 9.07. The van der Waals surface area contributed by atoms with Gasteiger partial charge in [0.15, 0.2) is 0 Å². The van der Waals surface area contributed by atoms with Crippen LogP contribution in [0.1, 0.15) is 26.7 Å². The summed E-state index contributed by atoms with van der Waals surface area (Å²) in [4.78, 5) is 20.7. The molecule has 0 aromatic rings. The van der Waals surface area contributed by atoms with Crippen molar-refractivity contribution >= 4 is 11.9 Å². The minimum absolute atomic E-state index is 0.321. The van der Waals surface area contributed by atoms with Crippen LogP contribution in [-0.2, 0) is 9.59 Å². The summed E-state index contributed by atoms with van der Waals surface area (Å²) < 4.78 is 0. The van der Waals surface area contributed by atoms with E-state index in [-0.39, 0.29) is 6.42 Å². The summed E-state index contributed by atoms with van der Waals surface area (Å²) in [5, 5.41) is 17.0. The lowest BCUT2D eigenvalue weighted by Gasteiger charge is -2.19. The molecule has 0 heterocycles. The molecule has 1 atom stereocenters. The number of hydrogen-bond acceptors (Lipinski definition) is 2. The largest absolute Gasteiger partial charge is 0.481 e. The summed E-state index contributed by atoms with van der Waals surface area (Å²) in [6, 6.07) is 0. The molecule has 0 unspecified atom stereocenters. The lowest BCUT2D eigenvalue weighted by atomic mass is 9.84. The van der Waals surface area contributed by atoms with Gasteiger partial charge in [-0.15, -0.1) is 0 Å². The molecule has 0 saturated heterocycles. The lowest BCUT2D eigenvalue weighted by Crippen LogP contribution is -2.29. The van der Waals surface area contributed by atoms with Gasteiger partial charge in [0.2, 0.25) is 0 Å². The molecule has 11 heavy (non-hydrogen) atoms. The van der Waals surface area contributed by atoms with Crippen LogP contribution in [0.4, 0.5) is 0 Å². The Morgan fingerprint density at radius 1 is 1.36 bits per heavy atom. The number of carboxylic acid groups (broad SMARTS) is 2. The molecular formula is C7H12O4. The molecule has 0 fully saturated rings.